The van der Waals surface area contributed by atoms with Gasteiger partial charge in [0, 0.05) is 38.6 Å². The molecule has 1 aromatic rings. The standard InChI is InChI=1S/C11H16N4O/c1-9-12-7-10(8-13-9)11(16)15-5-3-14(2)4-6-15/h7-8H,3-6H2,1-2H3. The number of hydrogen-bond acceptors (Lipinski definition) is 4. The van der Waals surface area contributed by atoms with Crippen molar-refractivity contribution in [2.24, 2.45) is 0 Å². The van der Waals surface area contributed by atoms with E-state index in [0.29, 0.717) is 11.4 Å². The molecule has 0 atom stereocenters. The van der Waals surface area contributed by atoms with Crippen LogP contribution >= 0.6 is 0 Å². The van der Waals surface area contributed by atoms with E-state index in [1.165, 1.54) is 0 Å². The highest BCUT2D eigenvalue weighted by Gasteiger charge is 2.20. The Morgan fingerprint density at radius 3 is 2.31 bits per heavy atom. The van der Waals surface area contributed by atoms with E-state index in [-0.39, 0.29) is 5.91 Å². The Morgan fingerprint density at radius 1 is 1.19 bits per heavy atom. The Bertz CT molecular complexity index is 368. The Balaban J connectivity index is 2.05. The van der Waals surface area contributed by atoms with Crippen molar-refractivity contribution in [3.05, 3.63) is 23.8 Å². The first-order valence-electron chi connectivity index (χ1n) is 5.43. The number of carbonyl (C=O) groups excluding carboxylic acids is 1. The molecule has 0 aromatic carbocycles. The van der Waals surface area contributed by atoms with Crippen molar-refractivity contribution in [1.82, 2.24) is 19.8 Å². The molecular weight excluding hydrogens is 204 g/mol. The third-order valence-electron chi connectivity index (χ3n) is 2.82. The second kappa shape index (κ2) is 4.57. The zero-order valence-corrected chi connectivity index (χ0v) is 9.68. The van der Waals surface area contributed by atoms with Crippen LogP contribution in [0, 0.1) is 6.92 Å². The monoisotopic (exact) mass is 220 g/mol. The summed E-state index contributed by atoms with van der Waals surface area (Å²) in [6.07, 6.45) is 3.20. The Kier molecular flexibility index (Phi) is 3.14. The third kappa shape index (κ3) is 2.36. The van der Waals surface area contributed by atoms with Crippen molar-refractivity contribution in [2.75, 3.05) is 33.2 Å². The van der Waals surface area contributed by atoms with Crippen LogP contribution in [-0.4, -0.2) is 58.9 Å². The van der Waals surface area contributed by atoms with Crippen molar-refractivity contribution in [2.45, 2.75) is 6.92 Å². The van der Waals surface area contributed by atoms with E-state index in [1.54, 1.807) is 12.4 Å². The summed E-state index contributed by atoms with van der Waals surface area (Å²) in [4.78, 5) is 24.2. The molecule has 0 saturated carbocycles. The summed E-state index contributed by atoms with van der Waals surface area (Å²) >= 11 is 0. The molecule has 0 N–H and O–H groups in total. The average molecular weight is 220 g/mol. The molecule has 0 bridgehead atoms. The van der Waals surface area contributed by atoms with Gasteiger partial charge in [-0.2, -0.15) is 0 Å². The van der Waals surface area contributed by atoms with E-state index in [1.807, 2.05) is 11.8 Å². The molecule has 16 heavy (non-hydrogen) atoms. The molecule has 5 heteroatoms. The SMILES string of the molecule is Cc1ncc(C(=O)N2CCN(C)CC2)cn1. The van der Waals surface area contributed by atoms with Gasteiger partial charge in [0.05, 0.1) is 5.56 Å². The van der Waals surface area contributed by atoms with E-state index in [4.69, 9.17) is 0 Å². The molecule has 5 nitrogen and oxygen atoms in total. The first-order chi connectivity index (χ1) is 7.66. The van der Waals surface area contributed by atoms with Crippen LogP contribution < -0.4 is 0 Å². The van der Waals surface area contributed by atoms with E-state index in [0.717, 1.165) is 26.2 Å². The number of aromatic nitrogens is 2. The molecule has 0 radical (unpaired) electrons. The summed E-state index contributed by atoms with van der Waals surface area (Å²) in [5, 5.41) is 0. The van der Waals surface area contributed by atoms with Crippen LogP contribution in [0.2, 0.25) is 0 Å². The van der Waals surface area contributed by atoms with Gasteiger partial charge in [-0.1, -0.05) is 0 Å². The summed E-state index contributed by atoms with van der Waals surface area (Å²) in [7, 11) is 2.07. The van der Waals surface area contributed by atoms with Crippen LogP contribution in [0.3, 0.4) is 0 Å². The van der Waals surface area contributed by atoms with Crippen LogP contribution in [-0.2, 0) is 0 Å². The van der Waals surface area contributed by atoms with Gasteiger partial charge in [-0.3, -0.25) is 4.79 Å². The molecule has 1 aliphatic heterocycles. The van der Waals surface area contributed by atoms with Crippen molar-refractivity contribution in [3.63, 3.8) is 0 Å². The molecule has 0 unspecified atom stereocenters. The highest BCUT2D eigenvalue weighted by Crippen LogP contribution is 2.06. The number of hydrogen-bond donors (Lipinski definition) is 0. The molecule has 2 heterocycles. The van der Waals surface area contributed by atoms with Crippen LogP contribution in [0.25, 0.3) is 0 Å². The van der Waals surface area contributed by atoms with E-state index < -0.39 is 0 Å². The van der Waals surface area contributed by atoms with Crippen molar-refractivity contribution in [1.29, 1.82) is 0 Å². The van der Waals surface area contributed by atoms with E-state index >= 15 is 0 Å². The topological polar surface area (TPSA) is 49.3 Å². The van der Waals surface area contributed by atoms with Gasteiger partial charge in [-0.05, 0) is 14.0 Å². The Labute approximate surface area is 95.1 Å². The van der Waals surface area contributed by atoms with Crippen LogP contribution in [0.15, 0.2) is 12.4 Å². The fraction of sp³-hybridized carbons (Fsp3) is 0.545. The van der Waals surface area contributed by atoms with Crippen molar-refractivity contribution in [3.8, 4) is 0 Å². The minimum absolute atomic E-state index is 0.0353. The molecule has 1 fully saturated rings. The summed E-state index contributed by atoms with van der Waals surface area (Å²) in [6, 6.07) is 0. The number of carbonyl (C=O) groups is 1. The van der Waals surface area contributed by atoms with Gasteiger partial charge in [-0.15, -0.1) is 0 Å². The summed E-state index contributed by atoms with van der Waals surface area (Å²) in [5.74, 6) is 0.725. The molecule has 1 saturated heterocycles. The smallest absolute Gasteiger partial charge is 0.257 e. The van der Waals surface area contributed by atoms with Crippen LogP contribution in [0.1, 0.15) is 16.2 Å². The van der Waals surface area contributed by atoms with Gasteiger partial charge in [-0.25, -0.2) is 9.97 Å². The van der Waals surface area contributed by atoms with Crippen LogP contribution in [0.5, 0.6) is 0 Å². The molecule has 0 spiro atoms. The lowest BCUT2D eigenvalue weighted by molar-refractivity contribution is 0.0663. The van der Waals surface area contributed by atoms with Crippen molar-refractivity contribution < 1.29 is 4.79 Å². The van der Waals surface area contributed by atoms with Crippen molar-refractivity contribution >= 4 is 5.91 Å². The third-order valence-corrected chi connectivity index (χ3v) is 2.82. The van der Waals surface area contributed by atoms with Gasteiger partial charge in [0.2, 0.25) is 0 Å². The lowest BCUT2D eigenvalue weighted by Gasteiger charge is -2.32. The minimum Gasteiger partial charge on any atom is -0.336 e. The second-order valence-corrected chi connectivity index (χ2v) is 4.11. The molecule has 1 aromatic heterocycles. The lowest BCUT2D eigenvalue weighted by Crippen LogP contribution is -2.47. The summed E-state index contributed by atoms with van der Waals surface area (Å²) in [5.41, 5.74) is 0.579. The van der Waals surface area contributed by atoms with Gasteiger partial charge in [0.25, 0.3) is 5.91 Å². The molecule has 0 aliphatic carbocycles. The number of likely N-dealkylation sites (N-methyl/N-ethyl adjacent to an activating group) is 1. The quantitative estimate of drug-likeness (QED) is 0.677. The molecule has 86 valence electrons. The largest absolute Gasteiger partial charge is 0.336 e. The Hall–Kier alpha value is -1.49. The number of rotatable bonds is 1. The maximum atomic E-state index is 12.0. The Morgan fingerprint density at radius 2 is 1.75 bits per heavy atom. The van der Waals surface area contributed by atoms with Gasteiger partial charge in [0.15, 0.2) is 0 Å². The van der Waals surface area contributed by atoms with Gasteiger partial charge < -0.3 is 9.80 Å². The van der Waals surface area contributed by atoms with Gasteiger partial charge >= 0.3 is 0 Å². The summed E-state index contributed by atoms with van der Waals surface area (Å²) in [6.45, 7) is 5.23. The summed E-state index contributed by atoms with van der Waals surface area (Å²) < 4.78 is 0. The predicted molar refractivity (Wildman–Crippen MR) is 60.2 cm³/mol. The predicted octanol–water partition coefficient (Wildman–Crippen LogP) is 0.173. The molecular formula is C11H16N4O. The zero-order chi connectivity index (χ0) is 11.5. The number of aryl methyl sites for hydroxylation is 1. The number of piperazine rings is 1. The normalized spacial score (nSPS) is 17.5. The second-order valence-electron chi connectivity index (χ2n) is 4.11. The highest BCUT2D eigenvalue weighted by molar-refractivity contribution is 5.93. The van der Waals surface area contributed by atoms with E-state index in [9.17, 15) is 4.79 Å². The first-order valence-corrected chi connectivity index (χ1v) is 5.43. The highest BCUT2D eigenvalue weighted by atomic mass is 16.2. The number of amides is 1. The zero-order valence-electron chi connectivity index (χ0n) is 9.68. The molecule has 2 rings (SSSR count). The maximum Gasteiger partial charge on any atom is 0.257 e. The van der Waals surface area contributed by atoms with Crippen LogP contribution in [0.4, 0.5) is 0 Å². The number of nitrogens with zero attached hydrogens (tertiary/aromatic N) is 4. The average Bonchev–Trinajstić information content (AvgIpc) is 2.30. The van der Waals surface area contributed by atoms with E-state index in [2.05, 4.69) is 21.9 Å². The minimum atomic E-state index is 0.0353. The fourth-order valence-corrected chi connectivity index (χ4v) is 1.70. The lowest BCUT2D eigenvalue weighted by atomic mass is 10.2. The maximum absolute atomic E-state index is 12.0. The van der Waals surface area contributed by atoms with Gasteiger partial charge in [0.1, 0.15) is 5.82 Å². The molecule has 1 amide bonds. The molecule has 1 aliphatic rings. The fourth-order valence-electron chi connectivity index (χ4n) is 1.70. The first kappa shape index (κ1) is 11.0.